The number of aromatic nitrogens is 1. The van der Waals surface area contributed by atoms with E-state index in [-0.39, 0.29) is 11.1 Å². The lowest BCUT2D eigenvalue weighted by Crippen LogP contribution is -2.16. The summed E-state index contributed by atoms with van der Waals surface area (Å²) in [7, 11) is 0. The Bertz CT molecular complexity index is 906. The first-order chi connectivity index (χ1) is 11.5. The van der Waals surface area contributed by atoms with Crippen LogP contribution in [0.15, 0.2) is 53.9 Å². The predicted octanol–water partition coefficient (Wildman–Crippen LogP) is 4.41. The summed E-state index contributed by atoms with van der Waals surface area (Å²) < 4.78 is 0. The van der Waals surface area contributed by atoms with E-state index in [0.29, 0.717) is 15.8 Å². The summed E-state index contributed by atoms with van der Waals surface area (Å²) in [5.74, 6) is -1.66. The molecule has 1 amide bonds. The van der Waals surface area contributed by atoms with Crippen molar-refractivity contribution in [3.63, 3.8) is 0 Å². The molecular weight excluding hydrogens is 348 g/mol. The standard InChI is InChI=1S/C17H11ClN2O3S/c18-11-7-5-10(6-8-11)14-9-24-17(19-14)20-15(21)12-3-1-2-4-13(12)16(22)23/h1-9H,(H,22,23)(H,19,20,21). The van der Waals surface area contributed by atoms with E-state index < -0.39 is 11.9 Å². The van der Waals surface area contributed by atoms with E-state index in [1.165, 1.54) is 23.5 Å². The van der Waals surface area contributed by atoms with E-state index in [0.717, 1.165) is 5.56 Å². The van der Waals surface area contributed by atoms with Gasteiger partial charge in [-0.3, -0.25) is 10.1 Å². The van der Waals surface area contributed by atoms with Gasteiger partial charge in [-0.05, 0) is 24.3 Å². The van der Waals surface area contributed by atoms with Crippen LogP contribution >= 0.6 is 22.9 Å². The third-order valence-corrected chi connectivity index (χ3v) is 4.28. The number of anilines is 1. The summed E-state index contributed by atoms with van der Waals surface area (Å²) in [5, 5.41) is 14.6. The number of carbonyl (C=O) groups is 2. The van der Waals surface area contributed by atoms with Gasteiger partial charge in [-0.1, -0.05) is 35.9 Å². The molecule has 0 saturated heterocycles. The molecule has 5 nitrogen and oxygen atoms in total. The van der Waals surface area contributed by atoms with E-state index >= 15 is 0 Å². The minimum Gasteiger partial charge on any atom is -0.478 e. The topological polar surface area (TPSA) is 79.3 Å². The Morgan fingerprint density at radius 1 is 1.04 bits per heavy atom. The lowest BCUT2D eigenvalue weighted by atomic mass is 10.1. The van der Waals surface area contributed by atoms with Crippen molar-refractivity contribution in [2.45, 2.75) is 0 Å². The van der Waals surface area contributed by atoms with Crippen molar-refractivity contribution in [1.82, 2.24) is 4.98 Å². The van der Waals surface area contributed by atoms with Gasteiger partial charge >= 0.3 is 5.97 Å². The van der Waals surface area contributed by atoms with E-state index in [4.69, 9.17) is 16.7 Å². The van der Waals surface area contributed by atoms with Crippen molar-refractivity contribution >= 4 is 39.9 Å². The Hall–Kier alpha value is -2.70. The molecule has 1 aromatic heterocycles. The third kappa shape index (κ3) is 3.45. The van der Waals surface area contributed by atoms with Crippen LogP contribution in [0.4, 0.5) is 5.13 Å². The highest BCUT2D eigenvalue weighted by Crippen LogP contribution is 2.26. The quantitative estimate of drug-likeness (QED) is 0.723. The normalized spacial score (nSPS) is 10.4. The molecule has 0 fully saturated rings. The van der Waals surface area contributed by atoms with Gasteiger partial charge in [-0.2, -0.15) is 0 Å². The van der Waals surface area contributed by atoms with Crippen molar-refractivity contribution < 1.29 is 14.7 Å². The Labute approximate surface area is 146 Å². The Morgan fingerprint density at radius 3 is 2.38 bits per heavy atom. The Morgan fingerprint density at radius 2 is 1.71 bits per heavy atom. The second kappa shape index (κ2) is 6.82. The zero-order chi connectivity index (χ0) is 17.1. The molecule has 2 aromatic carbocycles. The van der Waals surface area contributed by atoms with Gasteiger partial charge in [0.25, 0.3) is 5.91 Å². The van der Waals surface area contributed by atoms with Crippen LogP contribution in [0.1, 0.15) is 20.7 Å². The van der Waals surface area contributed by atoms with Crippen LogP contribution in [-0.2, 0) is 0 Å². The van der Waals surface area contributed by atoms with Gasteiger partial charge in [0.05, 0.1) is 16.8 Å². The van der Waals surface area contributed by atoms with Crippen molar-refractivity contribution in [3.8, 4) is 11.3 Å². The first-order valence-corrected chi connectivity index (χ1v) is 8.15. The fraction of sp³-hybridized carbons (Fsp3) is 0. The van der Waals surface area contributed by atoms with Gasteiger partial charge in [0.1, 0.15) is 0 Å². The molecule has 1 heterocycles. The SMILES string of the molecule is O=C(O)c1ccccc1C(=O)Nc1nc(-c2ccc(Cl)cc2)cs1. The number of halogens is 1. The second-order valence-electron chi connectivity index (χ2n) is 4.85. The van der Waals surface area contributed by atoms with Crippen LogP contribution in [0.25, 0.3) is 11.3 Å². The molecule has 3 rings (SSSR count). The molecule has 0 aliphatic heterocycles. The van der Waals surface area contributed by atoms with E-state index in [1.807, 2.05) is 17.5 Å². The fourth-order valence-electron chi connectivity index (χ4n) is 2.12. The number of carbonyl (C=O) groups excluding carboxylic acids is 1. The number of rotatable bonds is 4. The number of nitrogens with one attached hydrogen (secondary N) is 1. The molecule has 0 unspecified atom stereocenters. The van der Waals surface area contributed by atoms with Gasteiger partial charge in [-0.25, -0.2) is 9.78 Å². The summed E-state index contributed by atoms with van der Waals surface area (Å²) in [6.45, 7) is 0. The van der Waals surface area contributed by atoms with Crippen molar-refractivity contribution in [3.05, 3.63) is 70.1 Å². The zero-order valence-electron chi connectivity index (χ0n) is 12.2. The number of hydrogen-bond acceptors (Lipinski definition) is 4. The van der Waals surface area contributed by atoms with Crippen LogP contribution in [0.5, 0.6) is 0 Å². The molecule has 3 aromatic rings. The maximum absolute atomic E-state index is 12.3. The van der Waals surface area contributed by atoms with Gasteiger partial charge in [0, 0.05) is 16.0 Å². The lowest BCUT2D eigenvalue weighted by molar-refractivity contribution is 0.0692. The van der Waals surface area contributed by atoms with Crippen LogP contribution < -0.4 is 5.32 Å². The van der Waals surface area contributed by atoms with E-state index in [2.05, 4.69) is 10.3 Å². The van der Waals surface area contributed by atoms with Crippen LogP contribution in [0.3, 0.4) is 0 Å². The van der Waals surface area contributed by atoms with Gasteiger partial charge in [0.15, 0.2) is 5.13 Å². The smallest absolute Gasteiger partial charge is 0.336 e. The zero-order valence-corrected chi connectivity index (χ0v) is 13.8. The average molecular weight is 359 g/mol. The summed E-state index contributed by atoms with van der Waals surface area (Å²) in [6, 6.07) is 13.2. The molecule has 0 bridgehead atoms. The number of amides is 1. The summed E-state index contributed by atoms with van der Waals surface area (Å²) in [4.78, 5) is 27.8. The minimum atomic E-state index is -1.15. The van der Waals surface area contributed by atoms with Crippen LogP contribution in [0, 0.1) is 0 Å². The highest BCUT2D eigenvalue weighted by Gasteiger charge is 2.17. The molecule has 0 saturated carbocycles. The van der Waals surface area contributed by atoms with Crippen molar-refractivity contribution in [1.29, 1.82) is 0 Å². The molecule has 0 aliphatic carbocycles. The number of nitrogens with zero attached hydrogens (tertiary/aromatic N) is 1. The number of aromatic carboxylic acids is 1. The maximum atomic E-state index is 12.3. The maximum Gasteiger partial charge on any atom is 0.336 e. The van der Waals surface area contributed by atoms with Crippen molar-refractivity contribution in [2.75, 3.05) is 5.32 Å². The van der Waals surface area contributed by atoms with E-state index in [1.54, 1.807) is 24.3 Å². The predicted molar refractivity (Wildman–Crippen MR) is 93.9 cm³/mol. The molecule has 0 atom stereocenters. The van der Waals surface area contributed by atoms with E-state index in [9.17, 15) is 9.59 Å². The highest BCUT2D eigenvalue weighted by atomic mass is 35.5. The number of hydrogen-bond donors (Lipinski definition) is 2. The molecule has 2 N–H and O–H groups in total. The number of carboxylic acid groups (broad SMARTS) is 1. The molecule has 24 heavy (non-hydrogen) atoms. The van der Waals surface area contributed by atoms with Gasteiger partial charge in [0.2, 0.25) is 0 Å². The molecule has 120 valence electrons. The summed E-state index contributed by atoms with van der Waals surface area (Å²) in [5.41, 5.74) is 1.62. The molecule has 0 spiro atoms. The monoisotopic (exact) mass is 358 g/mol. The number of thiazole rings is 1. The first kappa shape index (κ1) is 16.2. The largest absolute Gasteiger partial charge is 0.478 e. The Kier molecular flexibility index (Phi) is 4.59. The van der Waals surface area contributed by atoms with Crippen LogP contribution in [0.2, 0.25) is 5.02 Å². The van der Waals surface area contributed by atoms with Gasteiger partial charge < -0.3 is 5.11 Å². The molecule has 7 heteroatoms. The van der Waals surface area contributed by atoms with Crippen LogP contribution in [-0.4, -0.2) is 22.0 Å². The minimum absolute atomic E-state index is 0.0514. The number of carboxylic acids is 1. The lowest BCUT2D eigenvalue weighted by Gasteiger charge is -2.05. The second-order valence-corrected chi connectivity index (χ2v) is 6.14. The summed E-state index contributed by atoms with van der Waals surface area (Å²) >= 11 is 7.12. The van der Waals surface area contributed by atoms with Gasteiger partial charge in [-0.15, -0.1) is 11.3 Å². The molecule has 0 radical (unpaired) electrons. The molecule has 0 aliphatic rings. The van der Waals surface area contributed by atoms with Crippen molar-refractivity contribution in [2.24, 2.45) is 0 Å². The first-order valence-electron chi connectivity index (χ1n) is 6.90. The average Bonchev–Trinajstić information content (AvgIpc) is 3.04. The fourth-order valence-corrected chi connectivity index (χ4v) is 2.96. The Balaban J connectivity index is 1.81. The highest BCUT2D eigenvalue weighted by molar-refractivity contribution is 7.14. The number of benzene rings is 2. The summed E-state index contributed by atoms with van der Waals surface area (Å²) in [6.07, 6.45) is 0. The third-order valence-electron chi connectivity index (χ3n) is 3.27. The molecular formula is C17H11ClN2O3S.